The molecule has 0 saturated carbocycles. The maximum absolute atomic E-state index is 11.6. The summed E-state index contributed by atoms with van der Waals surface area (Å²) < 4.78 is 0. The highest BCUT2D eigenvalue weighted by atomic mass is 16.2. The van der Waals surface area contributed by atoms with E-state index in [2.05, 4.69) is 10.5 Å². The van der Waals surface area contributed by atoms with Crippen LogP contribution in [-0.4, -0.2) is 18.2 Å². The summed E-state index contributed by atoms with van der Waals surface area (Å²) in [5.41, 5.74) is 4.86. The van der Waals surface area contributed by atoms with Gasteiger partial charge in [-0.1, -0.05) is 12.1 Å². The topological polar surface area (TPSA) is 92.3 Å². The molecule has 2 rings (SSSR count). The molecule has 0 unspecified atom stereocenters. The van der Waals surface area contributed by atoms with Crippen molar-refractivity contribution in [1.29, 1.82) is 10.5 Å². The Morgan fingerprint density at radius 1 is 1.42 bits per heavy atom. The van der Waals surface area contributed by atoms with Gasteiger partial charge in [0.1, 0.15) is 12.1 Å². The lowest BCUT2D eigenvalue weighted by atomic mass is 10.1. The second kappa shape index (κ2) is 5.19. The van der Waals surface area contributed by atoms with Crippen LogP contribution in [0.2, 0.25) is 0 Å². The number of hydrazone groups is 1. The van der Waals surface area contributed by atoms with Crippen molar-refractivity contribution in [2.45, 2.75) is 13.3 Å². The molecule has 1 amide bonds. The van der Waals surface area contributed by atoms with E-state index in [0.717, 1.165) is 17.7 Å². The van der Waals surface area contributed by atoms with Gasteiger partial charge in [0.15, 0.2) is 0 Å². The summed E-state index contributed by atoms with van der Waals surface area (Å²) in [4.78, 5) is 13.2. The van der Waals surface area contributed by atoms with Crippen LogP contribution in [-0.2, 0) is 11.2 Å². The van der Waals surface area contributed by atoms with Crippen LogP contribution < -0.4 is 10.3 Å². The second-order valence-corrected chi connectivity index (χ2v) is 4.03. The minimum Gasteiger partial charge on any atom is -0.310 e. The predicted molar refractivity (Wildman–Crippen MR) is 70.5 cm³/mol. The van der Waals surface area contributed by atoms with Crippen molar-refractivity contribution < 1.29 is 4.79 Å². The maximum atomic E-state index is 11.6. The van der Waals surface area contributed by atoms with Crippen LogP contribution in [0.1, 0.15) is 12.5 Å². The van der Waals surface area contributed by atoms with E-state index in [0.29, 0.717) is 12.2 Å². The highest BCUT2D eigenvalue weighted by Gasteiger charge is 2.24. The Kier molecular flexibility index (Phi) is 3.44. The van der Waals surface area contributed by atoms with Crippen molar-refractivity contribution in [2.24, 2.45) is 5.10 Å². The molecule has 6 nitrogen and oxygen atoms in total. The number of fused-ring (bicyclic) bond motifs is 1. The van der Waals surface area contributed by atoms with Gasteiger partial charge in [-0.25, -0.2) is 0 Å². The van der Waals surface area contributed by atoms with Gasteiger partial charge in [-0.05, 0) is 18.1 Å². The largest absolute Gasteiger partial charge is 0.310 e. The van der Waals surface area contributed by atoms with Crippen LogP contribution in [0.25, 0.3) is 0 Å². The number of para-hydroxylation sites is 1. The predicted octanol–water partition coefficient (Wildman–Crippen LogP) is 1.41. The van der Waals surface area contributed by atoms with Crippen LogP contribution in [0.5, 0.6) is 0 Å². The summed E-state index contributed by atoms with van der Waals surface area (Å²) in [5, 5.41) is 21.0. The molecule has 6 heteroatoms. The van der Waals surface area contributed by atoms with Gasteiger partial charge in [-0.3, -0.25) is 10.2 Å². The number of anilines is 2. The number of nitrogens with one attached hydrogen (secondary N) is 1. The Labute approximate surface area is 110 Å². The number of carbonyl (C=O) groups is 1. The molecule has 0 bridgehead atoms. The lowest BCUT2D eigenvalue weighted by molar-refractivity contribution is -0.116. The van der Waals surface area contributed by atoms with E-state index < -0.39 is 0 Å². The third-order valence-corrected chi connectivity index (χ3v) is 2.87. The van der Waals surface area contributed by atoms with E-state index in [9.17, 15) is 4.79 Å². The number of rotatable bonds is 2. The average molecular weight is 253 g/mol. The second-order valence-electron chi connectivity index (χ2n) is 4.03. The minimum absolute atomic E-state index is 0.0437. The first-order valence-electron chi connectivity index (χ1n) is 5.71. The number of hydrogen-bond donors (Lipinski definition) is 1. The molecule has 1 aromatic carbocycles. The van der Waals surface area contributed by atoms with Gasteiger partial charge in [0, 0.05) is 13.5 Å². The Hall–Kier alpha value is -2.86. The van der Waals surface area contributed by atoms with Crippen LogP contribution >= 0.6 is 0 Å². The third-order valence-electron chi connectivity index (χ3n) is 2.87. The molecule has 0 fully saturated rings. The zero-order chi connectivity index (χ0) is 13.8. The van der Waals surface area contributed by atoms with Crippen LogP contribution in [0.3, 0.4) is 0 Å². The standard InChI is InChI=1S/C13H11N5O/c1-9(19)18-6-5-10-3-2-4-12(13(10)18)17-16-11(7-14)8-15/h2-4,17H,5-6H2,1H3. The van der Waals surface area contributed by atoms with Gasteiger partial charge in [0.2, 0.25) is 11.6 Å². The highest BCUT2D eigenvalue weighted by molar-refractivity contribution is 6.10. The van der Waals surface area contributed by atoms with Crippen molar-refractivity contribution in [3.8, 4) is 12.1 Å². The third kappa shape index (κ3) is 2.38. The van der Waals surface area contributed by atoms with Crippen LogP contribution in [0, 0.1) is 22.7 Å². The fourth-order valence-electron chi connectivity index (χ4n) is 2.05. The highest BCUT2D eigenvalue weighted by Crippen LogP contribution is 2.35. The van der Waals surface area contributed by atoms with Gasteiger partial charge >= 0.3 is 0 Å². The number of hydrogen-bond acceptors (Lipinski definition) is 5. The fourth-order valence-corrected chi connectivity index (χ4v) is 2.05. The smallest absolute Gasteiger partial charge is 0.237 e. The quantitative estimate of drug-likeness (QED) is 0.637. The number of amides is 1. The molecule has 0 spiro atoms. The summed E-state index contributed by atoms with van der Waals surface area (Å²) >= 11 is 0. The van der Waals surface area contributed by atoms with Crippen molar-refractivity contribution in [2.75, 3.05) is 16.9 Å². The molecular weight excluding hydrogens is 242 g/mol. The first-order chi connectivity index (χ1) is 9.17. The molecule has 0 aromatic heterocycles. The van der Waals surface area contributed by atoms with Gasteiger partial charge < -0.3 is 4.90 Å². The normalized spacial score (nSPS) is 12.1. The van der Waals surface area contributed by atoms with Crippen LogP contribution in [0.15, 0.2) is 23.3 Å². The number of nitrogens with zero attached hydrogens (tertiary/aromatic N) is 4. The van der Waals surface area contributed by atoms with Crippen molar-refractivity contribution in [3.63, 3.8) is 0 Å². The number of nitriles is 2. The van der Waals surface area contributed by atoms with E-state index in [1.807, 2.05) is 12.1 Å². The molecule has 19 heavy (non-hydrogen) atoms. The summed E-state index contributed by atoms with van der Waals surface area (Å²) in [6.07, 6.45) is 0.789. The Balaban J connectivity index is 2.37. The molecule has 0 radical (unpaired) electrons. The monoisotopic (exact) mass is 253 g/mol. The SMILES string of the molecule is CC(=O)N1CCc2cccc(NN=C(C#N)C#N)c21. The summed E-state index contributed by atoms with van der Waals surface area (Å²) in [6, 6.07) is 8.89. The lowest BCUT2D eigenvalue weighted by Crippen LogP contribution is -2.26. The van der Waals surface area contributed by atoms with Gasteiger partial charge in [-0.15, -0.1) is 0 Å². The summed E-state index contributed by atoms with van der Waals surface area (Å²) in [7, 11) is 0. The number of benzene rings is 1. The molecule has 0 aliphatic carbocycles. The molecule has 1 heterocycles. The molecule has 1 aromatic rings. The minimum atomic E-state index is -0.259. The summed E-state index contributed by atoms with van der Waals surface area (Å²) in [6.45, 7) is 2.14. The molecule has 0 atom stereocenters. The average Bonchev–Trinajstić information content (AvgIpc) is 2.84. The van der Waals surface area contributed by atoms with Crippen molar-refractivity contribution >= 4 is 23.0 Å². The first-order valence-corrected chi connectivity index (χ1v) is 5.71. The van der Waals surface area contributed by atoms with Crippen LogP contribution in [0.4, 0.5) is 11.4 Å². The van der Waals surface area contributed by atoms with E-state index in [4.69, 9.17) is 10.5 Å². The van der Waals surface area contributed by atoms with Gasteiger partial charge in [0.05, 0.1) is 11.4 Å². The van der Waals surface area contributed by atoms with Crippen molar-refractivity contribution in [1.82, 2.24) is 0 Å². The maximum Gasteiger partial charge on any atom is 0.237 e. The van der Waals surface area contributed by atoms with Crippen molar-refractivity contribution in [3.05, 3.63) is 23.8 Å². The fraction of sp³-hybridized carbons (Fsp3) is 0.231. The van der Waals surface area contributed by atoms with E-state index in [1.54, 1.807) is 23.1 Å². The zero-order valence-electron chi connectivity index (χ0n) is 10.3. The Morgan fingerprint density at radius 2 is 2.16 bits per heavy atom. The van der Waals surface area contributed by atoms with Gasteiger partial charge in [-0.2, -0.15) is 15.6 Å². The summed E-state index contributed by atoms with van der Waals surface area (Å²) in [5.74, 6) is -0.0437. The lowest BCUT2D eigenvalue weighted by Gasteiger charge is -2.17. The van der Waals surface area contributed by atoms with E-state index in [-0.39, 0.29) is 11.6 Å². The molecule has 1 aliphatic heterocycles. The molecule has 94 valence electrons. The molecular formula is C13H11N5O. The zero-order valence-corrected chi connectivity index (χ0v) is 10.3. The Morgan fingerprint density at radius 3 is 2.79 bits per heavy atom. The number of carbonyl (C=O) groups excluding carboxylic acids is 1. The van der Waals surface area contributed by atoms with E-state index >= 15 is 0 Å². The first kappa shape index (κ1) is 12.6. The molecule has 0 saturated heterocycles. The van der Waals surface area contributed by atoms with E-state index in [1.165, 1.54) is 6.92 Å². The molecule has 1 aliphatic rings. The van der Waals surface area contributed by atoms with Gasteiger partial charge in [0.25, 0.3) is 0 Å². The Bertz CT molecular complexity index is 619. The molecule has 1 N–H and O–H groups in total.